The van der Waals surface area contributed by atoms with Crippen LogP contribution in [0.5, 0.6) is 0 Å². The van der Waals surface area contributed by atoms with Crippen molar-refractivity contribution < 1.29 is 8.42 Å². The van der Waals surface area contributed by atoms with Gasteiger partial charge >= 0.3 is 0 Å². The minimum atomic E-state index is -2.81. The van der Waals surface area contributed by atoms with Crippen molar-refractivity contribution in [2.24, 2.45) is 17.6 Å². The van der Waals surface area contributed by atoms with E-state index in [1.54, 1.807) is 0 Å². The van der Waals surface area contributed by atoms with Crippen molar-refractivity contribution in [3.63, 3.8) is 0 Å². The van der Waals surface area contributed by atoms with Crippen molar-refractivity contribution in [1.29, 1.82) is 0 Å². The topological polar surface area (TPSA) is 63.4 Å². The van der Waals surface area contributed by atoms with E-state index in [0.717, 1.165) is 25.4 Å². The molecule has 0 bridgehead atoms. The van der Waals surface area contributed by atoms with E-state index in [4.69, 9.17) is 5.73 Å². The molecule has 0 aromatic carbocycles. The smallest absolute Gasteiger partial charge is 0.151 e. The van der Waals surface area contributed by atoms with E-state index in [9.17, 15) is 8.42 Å². The largest absolute Gasteiger partial charge is 0.330 e. The Kier molecular flexibility index (Phi) is 5.26. The lowest BCUT2D eigenvalue weighted by Crippen LogP contribution is -2.47. The Labute approximate surface area is 117 Å². The number of sulfone groups is 1. The Morgan fingerprint density at radius 1 is 1.21 bits per heavy atom. The number of hydrogen-bond donors (Lipinski definition) is 1. The molecule has 0 aromatic heterocycles. The first-order valence-corrected chi connectivity index (χ1v) is 9.52. The number of nitrogens with zero attached hydrogens (tertiary/aromatic N) is 1. The van der Waals surface area contributed by atoms with Crippen LogP contribution in [0.4, 0.5) is 0 Å². The van der Waals surface area contributed by atoms with Crippen molar-refractivity contribution in [3.8, 4) is 0 Å². The molecule has 112 valence electrons. The monoisotopic (exact) mass is 288 g/mol. The van der Waals surface area contributed by atoms with Crippen LogP contribution in [0.15, 0.2) is 0 Å². The Hall–Kier alpha value is -0.130. The molecule has 2 N–H and O–H groups in total. The summed E-state index contributed by atoms with van der Waals surface area (Å²) in [5.41, 5.74) is 5.93. The van der Waals surface area contributed by atoms with Crippen LogP contribution < -0.4 is 5.73 Å². The minimum Gasteiger partial charge on any atom is -0.330 e. The second kappa shape index (κ2) is 6.55. The van der Waals surface area contributed by atoms with Gasteiger partial charge in [0.25, 0.3) is 0 Å². The molecule has 2 fully saturated rings. The normalized spacial score (nSPS) is 36.8. The van der Waals surface area contributed by atoms with E-state index in [1.807, 2.05) is 0 Å². The highest BCUT2D eigenvalue weighted by molar-refractivity contribution is 7.91. The average molecular weight is 288 g/mol. The van der Waals surface area contributed by atoms with Crippen LogP contribution >= 0.6 is 0 Å². The Bertz CT molecular complexity index is 383. The number of rotatable bonds is 3. The molecule has 19 heavy (non-hydrogen) atoms. The third kappa shape index (κ3) is 3.92. The number of hydrogen-bond acceptors (Lipinski definition) is 4. The summed E-state index contributed by atoms with van der Waals surface area (Å²) in [5.74, 6) is 2.05. The van der Waals surface area contributed by atoms with Gasteiger partial charge in [0, 0.05) is 12.6 Å². The fourth-order valence-corrected chi connectivity index (χ4v) is 4.96. The predicted octanol–water partition coefficient (Wildman–Crippen LogP) is 1.26. The van der Waals surface area contributed by atoms with Crippen LogP contribution in [0.25, 0.3) is 0 Å². The third-order valence-corrected chi connectivity index (χ3v) is 6.72. The molecule has 0 radical (unpaired) electrons. The van der Waals surface area contributed by atoms with Crippen LogP contribution in [0.1, 0.15) is 39.0 Å². The lowest BCUT2D eigenvalue weighted by Gasteiger charge is -2.42. The zero-order chi connectivity index (χ0) is 13.9. The molecule has 0 amide bonds. The summed E-state index contributed by atoms with van der Waals surface area (Å²) in [4.78, 5) is 2.42. The highest BCUT2D eigenvalue weighted by atomic mass is 32.2. The molecular formula is C14H28N2O2S. The predicted molar refractivity (Wildman–Crippen MR) is 78.8 cm³/mol. The van der Waals surface area contributed by atoms with Gasteiger partial charge in [-0.05, 0) is 44.2 Å². The summed E-state index contributed by atoms with van der Waals surface area (Å²) in [6.07, 6.45) is 5.73. The van der Waals surface area contributed by atoms with Crippen molar-refractivity contribution in [2.45, 2.75) is 45.1 Å². The molecule has 1 aliphatic carbocycles. The summed E-state index contributed by atoms with van der Waals surface area (Å²) in [6, 6.07) is 0.511. The molecular weight excluding hydrogens is 260 g/mol. The van der Waals surface area contributed by atoms with Crippen LogP contribution in [-0.2, 0) is 9.84 Å². The molecule has 4 nitrogen and oxygen atoms in total. The molecule has 5 heteroatoms. The maximum atomic E-state index is 11.7. The van der Waals surface area contributed by atoms with E-state index < -0.39 is 9.84 Å². The molecule has 2 aliphatic rings. The molecule has 1 heterocycles. The van der Waals surface area contributed by atoms with Crippen molar-refractivity contribution in [2.75, 3.05) is 31.1 Å². The first kappa shape index (κ1) is 15.3. The summed E-state index contributed by atoms with van der Waals surface area (Å²) >= 11 is 0. The lowest BCUT2D eigenvalue weighted by molar-refractivity contribution is 0.0868. The maximum Gasteiger partial charge on any atom is 0.151 e. The molecule has 1 saturated heterocycles. The van der Waals surface area contributed by atoms with Gasteiger partial charge in [0.05, 0.1) is 11.5 Å². The van der Waals surface area contributed by atoms with Gasteiger partial charge in [-0.15, -0.1) is 0 Å². The van der Waals surface area contributed by atoms with Gasteiger partial charge in [0.15, 0.2) is 9.84 Å². The van der Waals surface area contributed by atoms with Gasteiger partial charge in [-0.25, -0.2) is 8.42 Å². The summed E-state index contributed by atoms with van der Waals surface area (Å²) in [7, 11) is -2.81. The molecule has 2 rings (SSSR count). The fraction of sp³-hybridized carbons (Fsp3) is 1.00. The first-order valence-electron chi connectivity index (χ1n) is 7.70. The average Bonchev–Trinajstić information content (AvgIpc) is 2.59. The van der Waals surface area contributed by atoms with Crippen LogP contribution in [0, 0.1) is 11.8 Å². The van der Waals surface area contributed by atoms with Crippen LogP contribution in [0.2, 0.25) is 0 Å². The minimum absolute atomic E-state index is 0.331. The number of nitrogens with two attached hydrogens (primary N) is 1. The van der Waals surface area contributed by atoms with Crippen molar-refractivity contribution in [3.05, 3.63) is 0 Å². The van der Waals surface area contributed by atoms with E-state index in [2.05, 4.69) is 11.8 Å². The van der Waals surface area contributed by atoms with Crippen molar-refractivity contribution in [1.82, 2.24) is 4.90 Å². The molecule has 3 atom stereocenters. The lowest BCUT2D eigenvalue weighted by atomic mass is 9.76. The van der Waals surface area contributed by atoms with Crippen molar-refractivity contribution >= 4 is 9.84 Å². The van der Waals surface area contributed by atoms with Crippen LogP contribution in [0.3, 0.4) is 0 Å². The molecule has 1 saturated carbocycles. The summed E-state index contributed by atoms with van der Waals surface area (Å²) in [6.45, 7) is 4.64. The zero-order valence-corrected chi connectivity index (χ0v) is 12.9. The van der Waals surface area contributed by atoms with Gasteiger partial charge < -0.3 is 5.73 Å². The quantitative estimate of drug-likeness (QED) is 0.849. The Morgan fingerprint density at radius 3 is 2.68 bits per heavy atom. The zero-order valence-electron chi connectivity index (χ0n) is 12.1. The Balaban J connectivity index is 2.04. The van der Waals surface area contributed by atoms with Gasteiger partial charge in [-0.1, -0.05) is 19.8 Å². The summed E-state index contributed by atoms with van der Waals surface area (Å²) in [5, 5.41) is 0. The van der Waals surface area contributed by atoms with E-state index in [1.165, 1.54) is 25.7 Å². The first-order chi connectivity index (χ1) is 9.05. The van der Waals surface area contributed by atoms with E-state index in [0.29, 0.717) is 30.0 Å². The Morgan fingerprint density at radius 2 is 2.00 bits per heavy atom. The van der Waals surface area contributed by atoms with Crippen LogP contribution in [-0.4, -0.2) is 50.5 Å². The van der Waals surface area contributed by atoms with Gasteiger partial charge in [-0.2, -0.15) is 0 Å². The second-order valence-corrected chi connectivity index (χ2v) is 8.50. The molecule has 1 aliphatic heterocycles. The molecule has 0 aromatic rings. The van der Waals surface area contributed by atoms with Gasteiger partial charge in [0.1, 0.15) is 0 Å². The van der Waals surface area contributed by atoms with E-state index >= 15 is 0 Å². The molecule has 0 spiro atoms. The van der Waals surface area contributed by atoms with E-state index in [-0.39, 0.29) is 0 Å². The highest BCUT2D eigenvalue weighted by Crippen LogP contribution is 2.34. The maximum absolute atomic E-state index is 11.7. The third-order valence-electron chi connectivity index (χ3n) is 5.00. The fourth-order valence-electron chi connectivity index (χ4n) is 3.68. The summed E-state index contributed by atoms with van der Waals surface area (Å²) < 4.78 is 23.4. The highest BCUT2D eigenvalue weighted by Gasteiger charge is 2.34. The van der Waals surface area contributed by atoms with Gasteiger partial charge in [0.2, 0.25) is 0 Å². The van der Waals surface area contributed by atoms with Gasteiger partial charge in [-0.3, -0.25) is 4.90 Å². The second-order valence-electron chi connectivity index (χ2n) is 6.19. The standard InChI is InChI=1S/C14H28N2O2S/c1-2-12-4-5-13(11-15)14(10-12)16-6-3-8-19(17,18)9-7-16/h12-14H,2-11,15H2,1H3. The molecule has 3 unspecified atom stereocenters. The SMILES string of the molecule is CCC1CCC(CN)C(N2CCCS(=O)(=O)CC2)C1.